The largest absolute Gasteiger partial charge is 0.494 e. The van der Waals surface area contributed by atoms with E-state index in [1.807, 2.05) is 53.6 Å². The predicted molar refractivity (Wildman–Crippen MR) is 142 cm³/mol. The van der Waals surface area contributed by atoms with Crippen molar-refractivity contribution in [2.45, 2.75) is 70.8 Å². The second-order valence-electron chi connectivity index (χ2n) is 11.8. The Morgan fingerprint density at radius 3 is 2.38 bits per heavy atom. The summed E-state index contributed by atoms with van der Waals surface area (Å²) in [5.41, 5.74) is 3.39. The molecule has 0 radical (unpaired) electrons. The number of imidazole rings is 1. The Morgan fingerprint density at radius 1 is 1.05 bits per heavy atom. The highest BCUT2D eigenvalue weighted by Gasteiger charge is 2.55. The highest BCUT2D eigenvalue weighted by molar-refractivity contribution is 6.62. The molecule has 6 rings (SSSR count). The number of nitrogens with zero attached hydrogens (tertiary/aromatic N) is 2. The fourth-order valence-corrected chi connectivity index (χ4v) is 5.29. The van der Waals surface area contributed by atoms with Gasteiger partial charge in [-0.05, 0) is 69.0 Å². The van der Waals surface area contributed by atoms with Gasteiger partial charge in [-0.2, -0.15) is 0 Å². The number of ether oxygens (including phenoxy) is 1. The van der Waals surface area contributed by atoms with Gasteiger partial charge in [-0.15, -0.1) is 0 Å². The topological polar surface area (TPSA) is 76.7 Å². The van der Waals surface area contributed by atoms with Crippen molar-refractivity contribution in [2.75, 3.05) is 6.54 Å². The second-order valence-corrected chi connectivity index (χ2v) is 11.8. The molecule has 2 aromatic carbocycles. The summed E-state index contributed by atoms with van der Waals surface area (Å²) in [7, 11) is -0.389. The fraction of sp³-hybridized carbons (Fsp3) is 0.448. The Hall–Kier alpha value is -3.10. The van der Waals surface area contributed by atoms with Gasteiger partial charge in [-0.3, -0.25) is 4.90 Å². The van der Waals surface area contributed by atoms with E-state index in [9.17, 15) is 4.79 Å². The molecule has 1 atom stereocenters. The number of hydrogen-bond acceptors (Lipinski definition) is 5. The third kappa shape index (κ3) is 4.57. The normalized spacial score (nSPS) is 23.0. The number of benzene rings is 2. The molecule has 192 valence electrons. The molecule has 3 heterocycles. The zero-order valence-electron chi connectivity index (χ0n) is 22.0. The molecule has 3 aliphatic rings. The maximum Gasteiger partial charge on any atom is 0.494 e. The van der Waals surface area contributed by atoms with E-state index in [0.717, 1.165) is 53.9 Å². The summed E-state index contributed by atoms with van der Waals surface area (Å²) in [6, 6.07) is 17.9. The summed E-state index contributed by atoms with van der Waals surface area (Å²) < 4.78 is 18.1. The van der Waals surface area contributed by atoms with Gasteiger partial charge in [-0.1, -0.05) is 54.6 Å². The first kappa shape index (κ1) is 24.3. The number of nitrogens with one attached hydrogen (secondary N) is 1. The molecule has 37 heavy (non-hydrogen) atoms. The highest BCUT2D eigenvalue weighted by atomic mass is 16.7. The molecule has 1 N–H and O–H groups in total. The molecule has 3 aromatic rings. The molecule has 1 unspecified atom stereocenters. The van der Waals surface area contributed by atoms with Gasteiger partial charge in [0, 0.05) is 6.54 Å². The Bertz CT molecular complexity index is 1270. The third-order valence-corrected chi connectivity index (χ3v) is 8.56. The number of hydrogen-bond donors (Lipinski definition) is 1. The third-order valence-electron chi connectivity index (χ3n) is 8.56. The summed E-state index contributed by atoms with van der Waals surface area (Å²) in [4.78, 5) is 23.1. The SMILES string of the molecule is CC1(C)OB(c2ccc(-c3cnc(C4CC5(CC5)CN4C(=O)OCc4ccccc4)[nH]3)cc2)OC1(C)C. The van der Waals surface area contributed by atoms with Crippen LogP contribution in [-0.4, -0.2) is 45.8 Å². The number of aromatic amines is 1. The van der Waals surface area contributed by atoms with E-state index in [4.69, 9.17) is 19.0 Å². The fourth-order valence-electron chi connectivity index (χ4n) is 5.29. The summed E-state index contributed by atoms with van der Waals surface area (Å²) >= 11 is 0. The van der Waals surface area contributed by atoms with Crippen LogP contribution in [0.4, 0.5) is 4.79 Å². The molecule has 8 heteroatoms. The number of carbonyl (C=O) groups excluding carboxylic acids is 1. The van der Waals surface area contributed by atoms with Gasteiger partial charge < -0.3 is 19.0 Å². The van der Waals surface area contributed by atoms with Crippen molar-refractivity contribution in [3.05, 3.63) is 72.2 Å². The smallest absolute Gasteiger partial charge is 0.445 e. The van der Waals surface area contributed by atoms with Crippen molar-refractivity contribution >= 4 is 18.7 Å². The first-order valence-corrected chi connectivity index (χ1v) is 13.1. The van der Waals surface area contributed by atoms with Gasteiger partial charge in [-0.25, -0.2) is 9.78 Å². The molecular formula is C29H34BN3O4. The van der Waals surface area contributed by atoms with E-state index in [1.165, 1.54) is 0 Å². The zero-order chi connectivity index (χ0) is 25.8. The lowest BCUT2D eigenvalue weighted by Gasteiger charge is -2.32. The number of likely N-dealkylation sites (tertiary alicyclic amines) is 1. The Balaban J connectivity index is 1.16. The second kappa shape index (κ2) is 8.74. The van der Waals surface area contributed by atoms with Crippen LogP contribution in [0.5, 0.6) is 0 Å². The first-order valence-electron chi connectivity index (χ1n) is 13.1. The van der Waals surface area contributed by atoms with Gasteiger partial charge in [0.25, 0.3) is 0 Å². The van der Waals surface area contributed by atoms with E-state index in [-0.39, 0.29) is 42.5 Å². The van der Waals surface area contributed by atoms with Gasteiger partial charge in [0.05, 0.1) is 29.1 Å². The molecule has 2 saturated heterocycles. The maximum absolute atomic E-state index is 13.1. The lowest BCUT2D eigenvalue weighted by molar-refractivity contribution is 0.00578. The quantitative estimate of drug-likeness (QED) is 0.486. The van der Waals surface area contributed by atoms with E-state index in [2.05, 4.69) is 44.8 Å². The lowest BCUT2D eigenvalue weighted by Crippen LogP contribution is -2.41. The van der Waals surface area contributed by atoms with Gasteiger partial charge in [0.1, 0.15) is 12.4 Å². The average Bonchev–Trinajstić information content (AvgIpc) is 3.20. The molecule has 2 aliphatic heterocycles. The summed E-state index contributed by atoms with van der Waals surface area (Å²) in [6.07, 6.45) is 4.80. The molecule has 1 spiro atoms. The van der Waals surface area contributed by atoms with Crippen LogP contribution in [0, 0.1) is 5.41 Å². The summed E-state index contributed by atoms with van der Waals surface area (Å²) in [6.45, 7) is 9.23. The maximum atomic E-state index is 13.1. The van der Waals surface area contributed by atoms with Crippen LogP contribution in [0.25, 0.3) is 11.3 Å². The minimum absolute atomic E-state index is 0.108. The Morgan fingerprint density at radius 2 is 1.73 bits per heavy atom. The van der Waals surface area contributed by atoms with Crippen LogP contribution in [0.2, 0.25) is 0 Å². The van der Waals surface area contributed by atoms with E-state index >= 15 is 0 Å². The van der Waals surface area contributed by atoms with Crippen molar-refractivity contribution in [1.82, 2.24) is 14.9 Å². The Kier molecular flexibility index (Phi) is 5.73. The minimum atomic E-state index is -0.389. The molecule has 1 amide bonds. The molecule has 1 aliphatic carbocycles. The van der Waals surface area contributed by atoms with E-state index in [0.29, 0.717) is 0 Å². The molecule has 1 saturated carbocycles. The summed E-state index contributed by atoms with van der Waals surface area (Å²) in [5, 5.41) is 0. The minimum Gasteiger partial charge on any atom is -0.445 e. The lowest BCUT2D eigenvalue weighted by atomic mass is 9.79. The van der Waals surface area contributed by atoms with Crippen LogP contribution < -0.4 is 5.46 Å². The number of aromatic nitrogens is 2. The first-order chi connectivity index (χ1) is 17.6. The van der Waals surface area contributed by atoms with E-state index in [1.54, 1.807) is 0 Å². The monoisotopic (exact) mass is 499 g/mol. The molecule has 1 aromatic heterocycles. The van der Waals surface area contributed by atoms with Crippen molar-refractivity contribution < 1.29 is 18.8 Å². The number of amides is 1. The highest BCUT2D eigenvalue weighted by Crippen LogP contribution is 2.58. The van der Waals surface area contributed by atoms with Gasteiger partial charge in [0.15, 0.2) is 0 Å². The Labute approximate surface area is 218 Å². The standard InChI is InChI=1S/C29H34BN3O4/c1-27(2)28(3,4)37-30(36-27)22-12-10-21(11-13-22)23-17-31-25(32-23)24-16-29(14-15-29)19-33(24)26(34)35-18-20-8-6-5-7-9-20/h5-13,17,24H,14-16,18-19H2,1-4H3,(H,31,32). The van der Waals surface area contributed by atoms with Gasteiger partial charge in [0.2, 0.25) is 0 Å². The van der Waals surface area contributed by atoms with E-state index < -0.39 is 0 Å². The molecular weight excluding hydrogens is 465 g/mol. The van der Waals surface area contributed by atoms with Crippen molar-refractivity contribution in [1.29, 1.82) is 0 Å². The van der Waals surface area contributed by atoms with Crippen molar-refractivity contribution in [3.8, 4) is 11.3 Å². The molecule has 3 fully saturated rings. The van der Waals surface area contributed by atoms with Crippen LogP contribution in [0.1, 0.15) is 64.4 Å². The predicted octanol–water partition coefficient (Wildman–Crippen LogP) is 5.24. The van der Waals surface area contributed by atoms with Crippen molar-refractivity contribution in [2.24, 2.45) is 5.41 Å². The zero-order valence-corrected chi connectivity index (χ0v) is 22.0. The van der Waals surface area contributed by atoms with Crippen LogP contribution in [0.15, 0.2) is 60.8 Å². The molecule has 7 nitrogen and oxygen atoms in total. The molecule has 0 bridgehead atoms. The van der Waals surface area contributed by atoms with Crippen LogP contribution >= 0.6 is 0 Å². The van der Waals surface area contributed by atoms with Crippen molar-refractivity contribution in [3.63, 3.8) is 0 Å². The number of carbonyl (C=O) groups is 1. The summed E-state index contributed by atoms with van der Waals surface area (Å²) in [5.74, 6) is 0.811. The van der Waals surface area contributed by atoms with Crippen LogP contribution in [0.3, 0.4) is 0 Å². The van der Waals surface area contributed by atoms with Gasteiger partial charge >= 0.3 is 13.2 Å². The van der Waals surface area contributed by atoms with Crippen LogP contribution in [-0.2, 0) is 20.7 Å². The number of rotatable bonds is 5. The average molecular weight is 499 g/mol. The number of H-pyrrole nitrogens is 1.